The Bertz CT molecular complexity index is 5860. The van der Waals surface area contributed by atoms with Crippen LogP contribution in [0.4, 0.5) is 91.0 Å². The van der Waals surface area contributed by atoms with Gasteiger partial charge in [0.15, 0.2) is 0 Å². The van der Waals surface area contributed by atoms with Crippen LogP contribution in [0, 0.1) is 79.4 Å². The first-order chi connectivity index (χ1) is 65.6. The van der Waals surface area contributed by atoms with E-state index in [1.807, 2.05) is 114 Å². The molecule has 143 heavy (non-hydrogen) atoms. The van der Waals surface area contributed by atoms with Gasteiger partial charge in [-0.05, 0) is 188 Å². The highest BCUT2D eigenvalue weighted by Gasteiger charge is 2.30. The maximum atomic E-state index is 11.9. The molecule has 0 atom stereocenters. The second-order valence-electron chi connectivity index (χ2n) is 48.0. The first-order valence-corrected chi connectivity index (χ1v) is 55.0. The Morgan fingerprint density at radius 1 is 0.210 bits per heavy atom. The third-order valence-corrected chi connectivity index (χ3v) is 27.6. The quantitative estimate of drug-likeness (QED) is 0.0138. The molecule has 0 aliphatic heterocycles. The summed E-state index contributed by atoms with van der Waals surface area (Å²) in [5.74, 6) is 0. The van der Waals surface area contributed by atoms with Crippen LogP contribution in [0.1, 0.15) is 310 Å². The molecule has 0 aliphatic carbocycles. The van der Waals surface area contributed by atoms with Crippen LogP contribution in [0.3, 0.4) is 0 Å². The summed E-state index contributed by atoms with van der Waals surface area (Å²) >= 11 is 40.6. The maximum absolute atomic E-state index is 11.9. The molecular formula is C111H190N16O8S8. The number of rotatable bonds is 46. The van der Waals surface area contributed by atoms with E-state index in [2.05, 4.69) is 246 Å². The summed E-state index contributed by atoms with van der Waals surface area (Å²) in [6, 6.07) is 0. The van der Waals surface area contributed by atoms with Crippen molar-refractivity contribution in [1.82, 2.24) is 0 Å². The molecule has 0 heterocycles. The third kappa shape index (κ3) is 43.9. The molecule has 0 aliphatic rings. The number of nitrogens with one attached hydrogen (secondary N) is 7. The average Bonchev–Trinajstić information content (AvgIpc) is 0.754. The van der Waals surface area contributed by atoms with Crippen LogP contribution in [0.2, 0.25) is 0 Å². The van der Waals surface area contributed by atoms with Crippen LogP contribution in [0.5, 0.6) is 0 Å². The van der Waals surface area contributed by atoms with Crippen molar-refractivity contribution < 1.29 is 0 Å². The van der Waals surface area contributed by atoms with Crippen molar-refractivity contribution in [3.63, 3.8) is 0 Å². The highest BCUT2D eigenvalue weighted by Crippen LogP contribution is 2.37. The molecule has 0 bridgehead atoms. The standard InChI is InChI=1S/2C15H26N2OS.3C14H24N2OS.3C13H22N2OS/c1-7-16(5)12-11(13(18)14(12)19)17(6)10-8-9-15(2,3)4;1-6-17(7-2)12-11(13(18)14(12)19)16-10-8-9-15(3,4)5;1-14(2,3)8-7-9-16(6)10-11(15(4)5)13(18)12(10)17;1-6-15-10-11(12(17)13(10)18)16(5)9-7-8-14(2,3)4;1-6-16(5)11-10(12(17)13(11)18)15-9-7-8-14(2,3)4;1-13(2,3)7-6-8-15(5)10-9(14-4)12(17)11(10)16;1-13(2,3)7-6-8-14-9-10(15(4)5)12(17)11(9)16;1-5-14-10-9(11(16)12(10)17)15-8-6-7-13(2,3)4/h7-10H2,1-6H3;16H,6-10H2,1-5H3;7-9H2,1-6H3;2*15H,6-9H2,1-5H3;2*14H,6-8H2,1-5H3;14-15H,5-8H2,1-4H3. The molecule has 32 heteroatoms. The van der Waals surface area contributed by atoms with Crippen LogP contribution >= 0.6 is 97.7 Å². The summed E-state index contributed by atoms with van der Waals surface area (Å²) in [7, 11) is 21.3. The van der Waals surface area contributed by atoms with Crippen LogP contribution < -0.4 is 125 Å². The summed E-state index contributed by atoms with van der Waals surface area (Å²) in [6.07, 6.45) is 17.8. The van der Waals surface area contributed by atoms with Crippen molar-refractivity contribution in [1.29, 1.82) is 0 Å². The lowest BCUT2D eigenvalue weighted by Gasteiger charge is -2.29. The Morgan fingerprint density at radius 3 is 0.734 bits per heavy atom. The van der Waals surface area contributed by atoms with Crippen molar-refractivity contribution in [2.45, 2.75) is 310 Å². The second-order valence-corrected chi connectivity index (χ2v) is 51.3. The molecule has 0 aromatic heterocycles. The fourth-order valence-corrected chi connectivity index (χ4v) is 18.6. The van der Waals surface area contributed by atoms with Gasteiger partial charge in [-0.15, -0.1) is 0 Å². The Labute approximate surface area is 903 Å². The molecule has 8 aromatic rings. The summed E-state index contributed by atoms with van der Waals surface area (Å²) in [5.41, 5.74) is 15.8. The van der Waals surface area contributed by atoms with Gasteiger partial charge >= 0.3 is 0 Å². The van der Waals surface area contributed by atoms with Gasteiger partial charge in [-0.25, -0.2) is 0 Å². The van der Waals surface area contributed by atoms with Gasteiger partial charge in [0.1, 0.15) is 81.6 Å². The van der Waals surface area contributed by atoms with E-state index >= 15 is 0 Å². The first kappa shape index (κ1) is 134. The minimum absolute atomic E-state index is 0.00242. The van der Waals surface area contributed by atoms with Crippen molar-refractivity contribution in [3.8, 4) is 0 Å². The predicted molar refractivity (Wildman–Crippen MR) is 652 cm³/mol. The van der Waals surface area contributed by atoms with E-state index in [4.69, 9.17) is 97.7 Å². The topological polar surface area (TPSA) is 250 Å². The lowest BCUT2D eigenvalue weighted by Crippen LogP contribution is -2.34. The Morgan fingerprint density at radius 2 is 0.434 bits per heavy atom. The van der Waals surface area contributed by atoms with E-state index < -0.39 is 0 Å². The summed E-state index contributed by atoms with van der Waals surface area (Å²) < 4.78 is 3.69. The number of hydrogen-bond donors (Lipinski definition) is 7. The molecule has 24 nitrogen and oxygen atoms in total. The summed E-state index contributed by atoms with van der Waals surface area (Å²) in [4.78, 5) is 112. The minimum atomic E-state index is -0.0216. The van der Waals surface area contributed by atoms with Gasteiger partial charge in [0.25, 0.3) is 0 Å². The van der Waals surface area contributed by atoms with E-state index in [1.54, 1.807) is 7.05 Å². The maximum Gasteiger partial charge on any atom is 0.224 e. The van der Waals surface area contributed by atoms with Gasteiger partial charge in [-0.2, -0.15) is 0 Å². The molecule has 0 unspecified atom stereocenters. The Balaban J connectivity index is 0.000000817. The van der Waals surface area contributed by atoms with E-state index in [1.165, 1.54) is 0 Å². The zero-order valence-electron chi connectivity index (χ0n) is 96.3. The predicted octanol–water partition coefficient (Wildman–Crippen LogP) is 26.0. The molecule has 0 spiro atoms. The molecule has 0 saturated heterocycles. The molecule has 0 fully saturated rings. The zero-order valence-corrected chi connectivity index (χ0v) is 103. The van der Waals surface area contributed by atoms with E-state index in [-0.39, 0.29) is 43.4 Å². The summed E-state index contributed by atoms with van der Waals surface area (Å²) in [5, 5.41) is 22.2. The third-order valence-electron chi connectivity index (χ3n) is 24.5. The lowest BCUT2D eigenvalue weighted by atomic mass is 9.90. The van der Waals surface area contributed by atoms with Gasteiger partial charge in [0, 0.05) is 169 Å². The molecule has 8 rings (SSSR count). The van der Waals surface area contributed by atoms with Crippen molar-refractivity contribution in [2.75, 3.05) is 250 Å². The smallest absolute Gasteiger partial charge is 0.224 e. The van der Waals surface area contributed by atoms with Crippen LogP contribution in [-0.2, 0) is 0 Å². The van der Waals surface area contributed by atoms with Gasteiger partial charge in [-0.3, -0.25) is 38.4 Å². The highest BCUT2D eigenvalue weighted by molar-refractivity contribution is 7.73. The minimum Gasteiger partial charge on any atom is -0.385 e. The van der Waals surface area contributed by atoms with Crippen molar-refractivity contribution in [3.05, 3.63) is 118 Å². The van der Waals surface area contributed by atoms with Gasteiger partial charge < -0.3 is 81.3 Å². The SMILES string of the molecule is CCN(C)c1c(N(C)CCCC(C)(C)C)c(=O)c1=S.CCN(C)c1c(NCCCC(C)(C)C)c(=O)c1=S.CCN(CC)c1c(NCCCC(C)(C)C)c(=O)c1=S.CCNc1c(N(C)CCCC(C)(C)C)c(=O)c1=S.CCNc1c(NCCCC(C)(C)C)c(=O)c1=S.CN(C)c1c(N(C)CCCC(C)(C)C)c(=O)c1=S.CN(C)c1c(NCCCC(C)(C)C)c(=O)c1=S.CNc1c(N(C)CCCC(C)(C)C)c(=O)c1=S. The zero-order chi connectivity index (χ0) is 111. The number of hydrogen-bond acceptors (Lipinski definition) is 32. The fraction of sp³-hybridized carbons (Fsp3) is 0.712. The number of anilines is 16. The van der Waals surface area contributed by atoms with Crippen LogP contribution in [0.25, 0.3) is 0 Å². The van der Waals surface area contributed by atoms with Crippen molar-refractivity contribution in [2.24, 2.45) is 43.3 Å². The molecule has 0 radical (unpaired) electrons. The van der Waals surface area contributed by atoms with Gasteiger partial charge in [0.2, 0.25) is 43.4 Å². The fourth-order valence-electron chi connectivity index (χ4n) is 15.9. The van der Waals surface area contributed by atoms with Crippen molar-refractivity contribution >= 4 is 189 Å². The highest BCUT2D eigenvalue weighted by atomic mass is 32.1. The van der Waals surface area contributed by atoms with Crippen LogP contribution in [0.15, 0.2) is 38.4 Å². The van der Waals surface area contributed by atoms with Crippen LogP contribution in [-0.4, -0.2) is 169 Å². The first-order valence-electron chi connectivity index (χ1n) is 51.7. The lowest BCUT2D eigenvalue weighted by molar-refractivity contribution is 0.367. The normalized spacial score (nSPS) is 11.8. The van der Waals surface area contributed by atoms with Gasteiger partial charge in [-0.1, -0.05) is 264 Å². The Hall–Kier alpha value is -7.20. The molecule has 8 aromatic carbocycles. The monoisotopic (exact) mass is 2130 g/mol. The average molecular weight is 2130 g/mol. The molecule has 810 valence electrons. The second kappa shape index (κ2) is 59.9. The molecule has 0 saturated carbocycles. The van der Waals surface area contributed by atoms with E-state index in [0.29, 0.717) is 96.5 Å². The molecular weight excluding hydrogens is 1940 g/mol. The number of nitrogens with zero attached hydrogens (tertiary/aromatic N) is 9. The molecule has 7 N–H and O–H groups in total. The summed E-state index contributed by atoms with van der Waals surface area (Å²) in [6.45, 7) is 77.8. The molecule has 0 amide bonds. The largest absolute Gasteiger partial charge is 0.385 e. The van der Waals surface area contributed by atoms with E-state index in [0.717, 1.165) is 268 Å². The Kier molecular flexibility index (Phi) is 56.0. The van der Waals surface area contributed by atoms with Gasteiger partial charge in [0.05, 0.1) is 45.5 Å². The van der Waals surface area contributed by atoms with E-state index in [9.17, 15) is 38.4 Å².